The van der Waals surface area contributed by atoms with Gasteiger partial charge < -0.3 is 18.4 Å². The van der Waals surface area contributed by atoms with Crippen molar-refractivity contribution in [2.24, 2.45) is 0 Å². The van der Waals surface area contributed by atoms with Crippen molar-refractivity contribution in [1.29, 1.82) is 0 Å². The smallest absolute Gasteiger partial charge is 0.220 e. The molecule has 16 aromatic carbocycles. The van der Waals surface area contributed by atoms with E-state index in [2.05, 4.69) is 377 Å². The largest absolute Gasteiger partial charge is 0.455 e. The predicted molar refractivity (Wildman–Crippen MR) is 453 cm³/mol. The monoisotopic (exact) mass is 1460 g/mol. The van der Waals surface area contributed by atoms with Gasteiger partial charge >= 0.3 is 0 Å². The van der Waals surface area contributed by atoms with Crippen LogP contribution in [0.4, 0.5) is 0 Å². The van der Waals surface area contributed by atoms with Gasteiger partial charge in [-0.3, -0.25) is 17.9 Å². The highest BCUT2D eigenvalue weighted by Crippen LogP contribution is 2.44. The van der Waals surface area contributed by atoms with Crippen LogP contribution in [0, 0.1) is 0 Å². The lowest BCUT2D eigenvalue weighted by molar-refractivity contribution is 0.669. The maximum atomic E-state index is 6.38. The number of nitrogens with zero attached hydrogens (tertiary/aromatic N) is 7. The molecule has 0 aliphatic heterocycles. The second kappa shape index (κ2) is 25.0. The third-order valence-corrected chi connectivity index (χ3v) is 22.2. The van der Waals surface area contributed by atoms with Crippen LogP contribution in [-0.2, 0) is 0 Å². The summed E-state index contributed by atoms with van der Waals surface area (Å²) in [4.78, 5) is 13.8. The lowest BCUT2D eigenvalue weighted by Crippen LogP contribution is -1.94. The molecule has 24 aromatic rings. The summed E-state index contributed by atoms with van der Waals surface area (Å²) in [5, 5.41) is 9.54. The van der Waals surface area contributed by atoms with E-state index in [4.69, 9.17) is 18.8 Å². The van der Waals surface area contributed by atoms with Gasteiger partial charge in [-0.15, -0.1) is 0 Å². The van der Waals surface area contributed by atoms with Gasteiger partial charge in [0.25, 0.3) is 0 Å². The van der Waals surface area contributed by atoms with Crippen molar-refractivity contribution in [3.8, 4) is 61.6 Å². The van der Waals surface area contributed by atoms with E-state index in [1.54, 1.807) is 0 Å². The fourth-order valence-corrected chi connectivity index (χ4v) is 17.1. The van der Waals surface area contributed by atoms with E-state index in [1.807, 2.05) is 30.3 Å². The summed E-state index contributed by atoms with van der Waals surface area (Å²) < 4.78 is 25.1. The third kappa shape index (κ3) is 9.94. The van der Waals surface area contributed by atoms with Crippen molar-refractivity contribution in [1.82, 2.24) is 37.5 Å². The van der Waals surface area contributed by atoms with Crippen LogP contribution in [0.5, 0.6) is 0 Å². The lowest BCUT2D eigenvalue weighted by Gasteiger charge is -2.11. The topological polar surface area (TPSA) is 91.5 Å². The van der Waals surface area contributed by atoms with Crippen LogP contribution in [0.15, 0.2) is 377 Å². The first kappa shape index (κ1) is 62.1. The Morgan fingerprint density at radius 2 is 0.651 bits per heavy atom. The molecular formula is C98H61BrN8O2. The maximum absolute atomic E-state index is 6.38. The zero-order valence-electron chi connectivity index (χ0n) is 58.5. The Morgan fingerprint density at radius 3 is 1.22 bits per heavy atom. The second-order valence-corrected chi connectivity index (χ2v) is 28.7. The molecule has 8 heterocycles. The number of aromatic nitrogens is 8. The first-order valence-corrected chi connectivity index (χ1v) is 37.4. The SMILES string of the molecule is Brc1ccc(-c2cccc3c2oc2ccccc23)cc1.c1ccc(-n2c3cccc(-c4ccc5[nH]c6ccccc6c5c4)c3n3c4ccccc4nc23)cc1.c1ccc(-n2c3cccc(-c4ccc5c(c4)c4ccccc4n5-c4ccc(-c5cccc6c5oc5ccccc56)cc4)c3n3c4ccccc4nc23)cc1. The number of nitrogens with one attached hydrogen (secondary N) is 1. The summed E-state index contributed by atoms with van der Waals surface area (Å²) in [6.45, 7) is 0. The summed E-state index contributed by atoms with van der Waals surface area (Å²) in [6.07, 6.45) is 0. The highest BCUT2D eigenvalue weighted by atomic mass is 79.9. The van der Waals surface area contributed by atoms with Gasteiger partial charge in [0, 0.05) is 97.9 Å². The molecule has 0 amide bonds. The van der Waals surface area contributed by atoms with Gasteiger partial charge in [0.15, 0.2) is 0 Å². The van der Waals surface area contributed by atoms with Crippen molar-refractivity contribution < 1.29 is 8.83 Å². The van der Waals surface area contributed by atoms with Crippen molar-refractivity contribution in [3.05, 3.63) is 368 Å². The maximum Gasteiger partial charge on any atom is 0.220 e. The first-order valence-electron chi connectivity index (χ1n) is 36.6. The molecule has 0 bridgehead atoms. The second-order valence-electron chi connectivity index (χ2n) is 27.8. The van der Waals surface area contributed by atoms with Gasteiger partial charge in [-0.25, -0.2) is 9.97 Å². The number of furan rings is 2. The van der Waals surface area contributed by atoms with Crippen LogP contribution in [0.2, 0.25) is 0 Å². The Hall–Kier alpha value is -14.3. The van der Waals surface area contributed by atoms with Crippen LogP contribution in [0.1, 0.15) is 0 Å². The van der Waals surface area contributed by atoms with E-state index in [0.29, 0.717) is 0 Å². The van der Waals surface area contributed by atoms with E-state index in [9.17, 15) is 0 Å². The average Bonchev–Trinajstić information content (AvgIpc) is 1.56. The summed E-state index contributed by atoms with van der Waals surface area (Å²) in [5.41, 5.74) is 29.7. The van der Waals surface area contributed by atoms with E-state index in [0.717, 1.165) is 149 Å². The summed E-state index contributed by atoms with van der Waals surface area (Å²) in [5.74, 6) is 1.83. The molecular weight excluding hydrogens is 1400 g/mol. The minimum Gasteiger partial charge on any atom is -0.455 e. The molecule has 24 rings (SSSR count). The molecule has 11 heteroatoms. The van der Waals surface area contributed by atoms with Gasteiger partial charge in [-0.2, -0.15) is 0 Å². The molecule has 0 fully saturated rings. The number of rotatable bonds is 7. The van der Waals surface area contributed by atoms with Crippen LogP contribution in [-0.4, -0.2) is 37.5 Å². The van der Waals surface area contributed by atoms with Gasteiger partial charge in [0.2, 0.25) is 11.6 Å². The van der Waals surface area contributed by atoms with E-state index < -0.39 is 0 Å². The highest BCUT2D eigenvalue weighted by Gasteiger charge is 2.25. The quantitative estimate of drug-likeness (QED) is 0.172. The molecule has 0 aliphatic carbocycles. The molecule has 0 spiro atoms. The number of fused-ring (bicyclic) bond motifs is 22. The minimum absolute atomic E-state index is 0.905. The predicted octanol–water partition coefficient (Wildman–Crippen LogP) is 26.5. The molecule has 0 saturated heterocycles. The number of para-hydroxylation sites is 14. The van der Waals surface area contributed by atoms with Gasteiger partial charge in [0.1, 0.15) is 22.3 Å². The first-order chi connectivity index (χ1) is 54.0. The van der Waals surface area contributed by atoms with Crippen molar-refractivity contribution in [2.45, 2.75) is 0 Å². The Kier molecular flexibility index (Phi) is 14.2. The third-order valence-electron chi connectivity index (χ3n) is 21.7. The standard InChI is InChI=1S/C49H30N4O.C31H20N4.C18H11BrO/c1-2-12-33(13-3-1)52-45-22-11-16-35(47(45)53-44-21-8-6-19-41(44)50-49(52)53)32-26-29-43-40(30-32)37-14-4-7-20-42(37)51(43)34-27-24-31(25-28-34)36-17-10-18-39-38-15-5-9-23-46(38)54-48(36)39;1-2-9-21(10-3-1)34-29-16-8-12-22(30(29)35-28-15-7-6-14-27(28)33-31(34)35)20-17-18-26-24(19-20)23-11-4-5-13-25(23)32-26;19-13-10-8-12(9-11-13)14-5-3-6-16-15-4-1-2-7-17(15)20-18(14)16/h1-30H;1-19,32H;1-11H. The Labute approximate surface area is 631 Å². The minimum atomic E-state index is 0.905. The van der Waals surface area contributed by atoms with Gasteiger partial charge in [-0.05, 0) is 156 Å². The number of aromatic amines is 1. The molecule has 10 nitrogen and oxygen atoms in total. The van der Waals surface area contributed by atoms with Crippen molar-refractivity contribution >= 4 is 159 Å². The van der Waals surface area contributed by atoms with E-state index in [1.165, 1.54) is 60.0 Å². The van der Waals surface area contributed by atoms with Crippen LogP contribution >= 0.6 is 15.9 Å². The fourth-order valence-electron chi connectivity index (χ4n) is 16.8. The molecule has 109 heavy (non-hydrogen) atoms. The van der Waals surface area contributed by atoms with Gasteiger partial charge in [0.05, 0.1) is 55.2 Å². The highest BCUT2D eigenvalue weighted by molar-refractivity contribution is 9.10. The number of halogens is 1. The summed E-state index contributed by atoms with van der Waals surface area (Å²) in [7, 11) is 0. The molecule has 0 aliphatic rings. The fraction of sp³-hybridized carbons (Fsp3) is 0. The molecule has 0 saturated carbocycles. The van der Waals surface area contributed by atoms with E-state index >= 15 is 0 Å². The molecule has 8 aromatic heterocycles. The van der Waals surface area contributed by atoms with Crippen LogP contribution in [0.25, 0.3) is 205 Å². The Bertz CT molecular complexity index is 7740. The number of imidazole rings is 4. The molecule has 0 atom stereocenters. The normalized spacial score (nSPS) is 11.9. The average molecular weight is 1460 g/mol. The number of H-pyrrole nitrogens is 1. The molecule has 1 N–H and O–H groups in total. The van der Waals surface area contributed by atoms with E-state index in [-0.39, 0.29) is 0 Å². The Balaban J connectivity index is 0.000000113. The number of hydrogen-bond donors (Lipinski definition) is 1. The van der Waals surface area contributed by atoms with Crippen LogP contribution in [0.3, 0.4) is 0 Å². The zero-order chi connectivity index (χ0) is 71.8. The summed E-state index contributed by atoms with van der Waals surface area (Å²) in [6, 6.07) is 128. The van der Waals surface area contributed by atoms with Crippen molar-refractivity contribution in [3.63, 3.8) is 0 Å². The zero-order valence-corrected chi connectivity index (χ0v) is 60.1. The Morgan fingerprint density at radius 1 is 0.257 bits per heavy atom. The lowest BCUT2D eigenvalue weighted by atomic mass is 10.0. The number of hydrogen-bond acceptors (Lipinski definition) is 4. The van der Waals surface area contributed by atoms with Crippen molar-refractivity contribution in [2.75, 3.05) is 0 Å². The van der Waals surface area contributed by atoms with Crippen LogP contribution < -0.4 is 0 Å². The van der Waals surface area contributed by atoms with Gasteiger partial charge in [-0.1, -0.05) is 246 Å². The molecule has 0 radical (unpaired) electrons. The number of benzene rings is 16. The summed E-state index contributed by atoms with van der Waals surface area (Å²) >= 11 is 3.47. The molecule has 512 valence electrons. The molecule has 0 unspecified atom stereocenters.